The summed E-state index contributed by atoms with van der Waals surface area (Å²) in [5, 5.41) is 11.6. The number of ether oxygens (including phenoxy) is 3. The van der Waals surface area contributed by atoms with Gasteiger partial charge < -0.3 is 19.6 Å². The van der Waals surface area contributed by atoms with Gasteiger partial charge in [-0.2, -0.15) is 0 Å². The molecule has 3 aliphatic rings. The molecule has 0 bridgehead atoms. The molecule has 39 heavy (non-hydrogen) atoms. The van der Waals surface area contributed by atoms with Crippen LogP contribution in [0, 0.1) is 23.2 Å². The number of ketones is 2. The number of carbonyl (C=O) groups is 2. The van der Waals surface area contributed by atoms with Gasteiger partial charge in [-0.25, -0.2) is 4.98 Å². The topological polar surface area (TPSA) is 98.6 Å². The van der Waals surface area contributed by atoms with Crippen LogP contribution in [0.1, 0.15) is 69.7 Å². The predicted molar refractivity (Wildman–Crippen MR) is 153 cm³/mol. The van der Waals surface area contributed by atoms with E-state index in [9.17, 15) is 9.59 Å². The van der Waals surface area contributed by atoms with Crippen LogP contribution in [-0.2, 0) is 14.3 Å². The standard InChI is InChI=1S/C30H37ClN2O5S/c1-18-14-30(2,31)10-9-22(18)28(32)25(35)16-36-15-24(34)19-3-5-20(6-4-19)29-33-23(17-39-29)21-7-8-26-27(13-21)38-12-11-37-26/h7-8,13,17-20,22,32H,3-6,9-12,14-16H2,1-2H3. The van der Waals surface area contributed by atoms with Gasteiger partial charge in [0.1, 0.15) is 26.4 Å². The molecule has 0 amide bonds. The monoisotopic (exact) mass is 572 g/mol. The zero-order chi connectivity index (χ0) is 27.6. The molecule has 0 saturated heterocycles. The molecule has 2 heterocycles. The molecule has 7 nitrogen and oxygen atoms in total. The molecule has 0 spiro atoms. The normalized spacial score (nSPS) is 28.6. The van der Waals surface area contributed by atoms with E-state index in [4.69, 9.17) is 36.2 Å². The number of thiazole rings is 1. The number of halogens is 1. The van der Waals surface area contributed by atoms with Crippen LogP contribution in [0.4, 0.5) is 0 Å². The van der Waals surface area contributed by atoms with E-state index in [1.165, 1.54) is 0 Å². The molecule has 3 unspecified atom stereocenters. The second-order valence-corrected chi connectivity index (χ2v) is 13.3. The number of alkyl halides is 1. The molecule has 2 fully saturated rings. The van der Waals surface area contributed by atoms with Crippen molar-refractivity contribution in [2.45, 2.75) is 69.6 Å². The third-order valence-electron chi connectivity index (χ3n) is 8.45. The fourth-order valence-electron chi connectivity index (χ4n) is 6.20. The molecule has 1 N–H and O–H groups in total. The minimum Gasteiger partial charge on any atom is -0.486 e. The molecule has 1 aromatic carbocycles. The first kappa shape index (κ1) is 28.2. The van der Waals surface area contributed by atoms with Gasteiger partial charge in [-0.1, -0.05) is 6.92 Å². The number of Topliss-reactive ketones (excluding diaryl/α,β-unsaturated/α-hetero) is 2. The third-order valence-corrected chi connectivity index (χ3v) is 9.80. The van der Waals surface area contributed by atoms with Crippen molar-refractivity contribution < 1.29 is 23.8 Å². The highest BCUT2D eigenvalue weighted by molar-refractivity contribution is 7.10. The molecule has 2 saturated carbocycles. The Morgan fingerprint density at radius 3 is 2.62 bits per heavy atom. The number of rotatable bonds is 9. The van der Waals surface area contributed by atoms with E-state index in [0.29, 0.717) is 19.1 Å². The highest BCUT2D eigenvalue weighted by atomic mass is 35.5. The maximum Gasteiger partial charge on any atom is 0.202 e. The number of aromatic nitrogens is 1. The minimum absolute atomic E-state index is 0.0483. The smallest absolute Gasteiger partial charge is 0.202 e. The van der Waals surface area contributed by atoms with Crippen LogP contribution < -0.4 is 9.47 Å². The number of nitrogens with one attached hydrogen (secondary N) is 1. The lowest BCUT2D eigenvalue weighted by Gasteiger charge is -2.37. The van der Waals surface area contributed by atoms with Crippen molar-refractivity contribution in [2.24, 2.45) is 17.8 Å². The van der Waals surface area contributed by atoms with E-state index in [1.807, 2.05) is 25.1 Å². The van der Waals surface area contributed by atoms with Crippen LogP contribution in [0.5, 0.6) is 11.5 Å². The first-order valence-electron chi connectivity index (χ1n) is 14.0. The predicted octanol–water partition coefficient (Wildman–Crippen LogP) is 6.46. The molecule has 2 aliphatic carbocycles. The Labute approximate surface area is 239 Å². The van der Waals surface area contributed by atoms with Crippen LogP contribution in [-0.4, -0.2) is 53.6 Å². The first-order valence-corrected chi connectivity index (χ1v) is 15.2. The molecule has 0 radical (unpaired) electrons. The van der Waals surface area contributed by atoms with Gasteiger partial charge in [0.25, 0.3) is 0 Å². The number of hydrogen-bond donors (Lipinski definition) is 1. The second kappa shape index (κ2) is 12.1. The summed E-state index contributed by atoms with van der Waals surface area (Å²) in [7, 11) is 0. The number of hydrogen-bond acceptors (Lipinski definition) is 8. The lowest BCUT2D eigenvalue weighted by Crippen LogP contribution is -2.38. The van der Waals surface area contributed by atoms with E-state index in [2.05, 4.69) is 12.3 Å². The zero-order valence-electron chi connectivity index (χ0n) is 22.7. The SMILES string of the molecule is CC1CC(C)(Cl)CCC1C(=N)C(=O)COCC(=O)C1CCC(c2nc(-c3ccc4c(c3)OCCO4)cs2)CC1. The summed E-state index contributed by atoms with van der Waals surface area (Å²) in [6, 6.07) is 5.93. The number of nitrogens with zero attached hydrogens (tertiary/aromatic N) is 1. The summed E-state index contributed by atoms with van der Waals surface area (Å²) in [5.41, 5.74) is 2.07. The molecular formula is C30H37ClN2O5S. The molecule has 3 atom stereocenters. The van der Waals surface area contributed by atoms with Crippen molar-refractivity contribution in [3.05, 3.63) is 28.6 Å². The Hall–Kier alpha value is -2.29. The van der Waals surface area contributed by atoms with Gasteiger partial charge in [-0.3, -0.25) is 9.59 Å². The maximum absolute atomic E-state index is 12.8. The second-order valence-electron chi connectivity index (χ2n) is 11.5. The summed E-state index contributed by atoms with van der Waals surface area (Å²) in [4.78, 5) is 30.0. The van der Waals surface area contributed by atoms with E-state index in [0.717, 1.165) is 72.7 Å². The molecule has 5 rings (SSSR count). The highest BCUT2D eigenvalue weighted by Crippen LogP contribution is 2.42. The van der Waals surface area contributed by atoms with Gasteiger partial charge >= 0.3 is 0 Å². The highest BCUT2D eigenvalue weighted by Gasteiger charge is 2.37. The number of fused-ring (bicyclic) bond motifs is 1. The molecular weight excluding hydrogens is 536 g/mol. The molecule has 1 aromatic heterocycles. The number of carbonyl (C=O) groups excluding carboxylic acids is 2. The quantitative estimate of drug-likeness (QED) is 0.273. The molecule has 2 aromatic rings. The summed E-state index contributed by atoms with van der Waals surface area (Å²) in [6.45, 7) is 4.92. The lowest BCUT2D eigenvalue weighted by atomic mass is 9.72. The van der Waals surface area contributed by atoms with Crippen LogP contribution in [0.2, 0.25) is 0 Å². The van der Waals surface area contributed by atoms with Gasteiger partial charge in [0.15, 0.2) is 17.3 Å². The Morgan fingerprint density at radius 1 is 1.13 bits per heavy atom. The zero-order valence-corrected chi connectivity index (χ0v) is 24.2. The van der Waals surface area contributed by atoms with Gasteiger partial charge in [0.05, 0.1) is 16.4 Å². The van der Waals surface area contributed by atoms with Crippen LogP contribution in [0.3, 0.4) is 0 Å². The van der Waals surface area contributed by atoms with Crippen LogP contribution in [0.25, 0.3) is 11.3 Å². The van der Waals surface area contributed by atoms with Gasteiger partial charge in [-0.15, -0.1) is 22.9 Å². The maximum atomic E-state index is 12.8. The summed E-state index contributed by atoms with van der Waals surface area (Å²) in [5.74, 6) is 1.66. The van der Waals surface area contributed by atoms with Crippen molar-refractivity contribution in [3.63, 3.8) is 0 Å². The van der Waals surface area contributed by atoms with Crippen molar-refractivity contribution in [2.75, 3.05) is 26.4 Å². The van der Waals surface area contributed by atoms with E-state index in [-0.39, 0.29) is 53.1 Å². The largest absolute Gasteiger partial charge is 0.486 e. The molecule has 210 valence electrons. The Morgan fingerprint density at radius 2 is 1.87 bits per heavy atom. The lowest BCUT2D eigenvalue weighted by molar-refractivity contribution is -0.130. The third kappa shape index (κ3) is 6.72. The van der Waals surface area contributed by atoms with E-state index >= 15 is 0 Å². The van der Waals surface area contributed by atoms with E-state index in [1.54, 1.807) is 11.3 Å². The summed E-state index contributed by atoms with van der Waals surface area (Å²) in [6.07, 6.45) is 5.74. The fourth-order valence-corrected chi connectivity index (χ4v) is 7.56. The fraction of sp³-hybridized carbons (Fsp3) is 0.600. The minimum atomic E-state index is -0.320. The first-order chi connectivity index (χ1) is 18.7. The Bertz CT molecular complexity index is 1220. The Kier molecular flexibility index (Phi) is 8.74. The molecule has 9 heteroatoms. The van der Waals surface area contributed by atoms with Crippen LogP contribution in [0.15, 0.2) is 23.6 Å². The van der Waals surface area contributed by atoms with Crippen molar-refractivity contribution >= 4 is 40.2 Å². The van der Waals surface area contributed by atoms with Crippen molar-refractivity contribution in [1.29, 1.82) is 5.41 Å². The average Bonchev–Trinajstić information content (AvgIpc) is 3.42. The van der Waals surface area contributed by atoms with Crippen molar-refractivity contribution in [1.82, 2.24) is 4.98 Å². The average molecular weight is 573 g/mol. The van der Waals surface area contributed by atoms with Crippen LogP contribution >= 0.6 is 22.9 Å². The number of benzene rings is 1. The van der Waals surface area contributed by atoms with Gasteiger partial charge in [-0.05, 0) is 76.0 Å². The Balaban J connectivity index is 1.06. The summed E-state index contributed by atoms with van der Waals surface area (Å²) >= 11 is 8.14. The van der Waals surface area contributed by atoms with Gasteiger partial charge in [0.2, 0.25) is 5.78 Å². The molecule has 1 aliphatic heterocycles. The van der Waals surface area contributed by atoms with E-state index < -0.39 is 0 Å². The van der Waals surface area contributed by atoms with Gasteiger partial charge in [0, 0.05) is 33.6 Å². The van der Waals surface area contributed by atoms with Crippen molar-refractivity contribution in [3.8, 4) is 22.8 Å². The summed E-state index contributed by atoms with van der Waals surface area (Å²) < 4.78 is 16.8.